The average Bonchev–Trinajstić information content (AvgIpc) is 3.16. The third kappa shape index (κ3) is 5.40. The Labute approximate surface area is 196 Å². The first-order chi connectivity index (χ1) is 16.2. The summed E-state index contributed by atoms with van der Waals surface area (Å²) in [6.45, 7) is 1.06. The first-order valence-corrected chi connectivity index (χ1v) is 12.4. The Morgan fingerprint density at radius 1 is 1.09 bits per heavy atom. The maximum atomic E-state index is 11.4. The van der Waals surface area contributed by atoms with Crippen molar-refractivity contribution in [2.45, 2.75) is 6.10 Å². The van der Waals surface area contributed by atoms with E-state index >= 15 is 0 Å². The van der Waals surface area contributed by atoms with Gasteiger partial charge in [-0.25, -0.2) is 8.42 Å². The fourth-order valence-corrected chi connectivity index (χ4v) is 4.25. The van der Waals surface area contributed by atoms with Crippen molar-refractivity contribution in [1.29, 1.82) is 5.26 Å². The van der Waals surface area contributed by atoms with E-state index in [1.807, 2.05) is 30.3 Å². The summed E-state index contributed by atoms with van der Waals surface area (Å²) in [7, 11) is -3.56. The fraction of sp³-hybridized carbons (Fsp3) is 0.208. The standard InChI is InChI=1S/C24H24N4O5S/c1-34(31,32)28-22-11-16(3-7-23(22)29)24(30)14-26-8-9-33-17-4-6-19-18-5-2-15(13-25)10-20(18)27-21(19)12-17/h2-7,10-12,24,26-30H,8-9,14H2,1H3/t24-/m1/s1. The highest BCUT2D eigenvalue weighted by Crippen LogP contribution is 2.29. The predicted molar refractivity (Wildman–Crippen MR) is 130 cm³/mol. The number of anilines is 1. The lowest BCUT2D eigenvalue weighted by Crippen LogP contribution is -2.26. The molecular formula is C24H24N4O5S. The highest BCUT2D eigenvalue weighted by Gasteiger charge is 2.13. The third-order valence-electron chi connectivity index (χ3n) is 5.29. The van der Waals surface area contributed by atoms with Gasteiger partial charge >= 0.3 is 0 Å². The quantitative estimate of drug-likeness (QED) is 0.183. The monoisotopic (exact) mass is 480 g/mol. The number of nitriles is 1. The summed E-state index contributed by atoms with van der Waals surface area (Å²) < 4.78 is 30.9. The minimum absolute atomic E-state index is 0.0126. The maximum absolute atomic E-state index is 11.4. The van der Waals surface area contributed by atoms with Crippen molar-refractivity contribution in [3.63, 3.8) is 0 Å². The zero-order chi connectivity index (χ0) is 24.3. The van der Waals surface area contributed by atoms with Gasteiger partial charge in [0.25, 0.3) is 0 Å². The number of phenolic OH excluding ortho intramolecular Hbond substituents is 1. The van der Waals surface area contributed by atoms with Crippen LogP contribution < -0.4 is 14.8 Å². The zero-order valence-corrected chi connectivity index (χ0v) is 19.2. The summed E-state index contributed by atoms with van der Waals surface area (Å²) >= 11 is 0. The van der Waals surface area contributed by atoms with Gasteiger partial charge in [-0.1, -0.05) is 12.1 Å². The first kappa shape index (κ1) is 23.4. The molecule has 1 atom stereocenters. The number of fused-ring (bicyclic) bond motifs is 3. The lowest BCUT2D eigenvalue weighted by molar-refractivity contribution is 0.172. The van der Waals surface area contributed by atoms with E-state index in [4.69, 9.17) is 10.00 Å². The number of aromatic nitrogens is 1. The van der Waals surface area contributed by atoms with E-state index in [9.17, 15) is 18.6 Å². The molecule has 0 aliphatic heterocycles. The van der Waals surface area contributed by atoms with Gasteiger partial charge in [0.05, 0.1) is 35.2 Å². The molecule has 1 heterocycles. The minimum Gasteiger partial charge on any atom is -0.506 e. The number of aromatic hydroxyl groups is 1. The molecule has 3 aromatic carbocycles. The SMILES string of the molecule is CS(=O)(=O)Nc1cc([C@H](O)CNCCOc2ccc3c(c2)[nH]c2cc(C#N)ccc23)ccc1O. The summed E-state index contributed by atoms with van der Waals surface area (Å²) in [4.78, 5) is 3.31. The second kappa shape index (κ2) is 9.61. The van der Waals surface area contributed by atoms with Gasteiger partial charge in [0.1, 0.15) is 18.1 Å². The van der Waals surface area contributed by atoms with Crippen molar-refractivity contribution >= 4 is 37.5 Å². The number of aliphatic hydroxyl groups excluding tert-OH is 1. The highest BCUT2D eigenvalue weighted by molar-refractivity contribution is 7.92. The van der Waals surface area contributed by atoms with Crippen molar-refractivity contribution in [1.82, 2.24) is 10.3 Å². The van der Waals surface area contributed by atoms with Crippen LogP contribution in [0.4, 0.5) is 5.69 Å². The number of aliphatic hydroxyl groups is 1. The zero-order valence-electron chi connectivity index (χ0n) is 18.4. The van der Waals surface area contributed by atoms with Crippen LogP contribution in [0.5, 0.6) is 11.5 Å². The van der Waals surface area contributed by atoms with Crippen LogP contribution in [-0.4, -0.2) is 49.6 Å². The molecule has 0 bridgehead atoms. The topological polar surface area (TPSA) is 147 Å². The lowest BCUT2D eigenvalue weighted by Gasteiger charge is -2.15. The largest absolute Gasteiger partial charge is 0.506 e. The average molecular weight is 481 g/mol. The summed E-state index contributed by atoms with van der Waals surface area (Å²) in [6, 6.07) is 17.7. The molecule has 0 amide bonds. The smallest absolute Gasteiger partial charge is 0.229 e. The Hall–Kier alpha value is -3.78. The molecule has 0 spiro atoms. The number of rotatable bonds is 9. The number of benzene rings is 3. The fourth-order valence-electron chi connectivity index (χ4n) is 3.69. The number of aromatic amines is 1. The number of ether oxygens (including phenoxy) is 1. The molecule has 0 unspecified atom stereocenters. The van der Waals surface area contributed by atoms with E-state index in [1.165, 1.54) is 18.2 Å². The van der Waals surface area contributed by atoms with E-state index in [1.54, 1.807) is 6.07 Å². The van der Waals surface area contributed by atoms with Gasteiger partial charge in [-0.15, -0.1) is 0 Å². The van der Waals surface area contributed by atoms with E-state index < -0.39 is 16.1 Å². The number of hydrogen-bond donors (Lipinski definition) is 5. The number of nitrogens with one attached hydrogen (secondary N) is 3. The van der Waals surface area contributed by atoms with Gasteiger partial charge in [0.2, 0.25) is 10.0 Å². The van der Waals surface area contributed by atoms with Crippen LogP contribution in [0.2, 0.25) is 0 Å². The van der Waals surface area contributed by atoms with Crippen LogP contribution in [0.15, 0.2) is 54.6 Å². The summed E-state index contributed by atoms with van der Waals surface area (Å²) in [5, 5.41) is 34.5. The molecule has 34 heavy (non-hydrogen) atoms. The van der Waals surface area contributed by atoms with Crippen molar-refractivity contribution in [3.05, 3.63) is 65.7 Å². The Morgan fingerprint density at radius 2 is 1.82 bits per heavy atom. The van der Waals surface area contributed by atoms with Crippen molar-refractivity contribution in [2.75, 3.05) is 30.7 Å². The van der Waals surface area contributed by atoms with E-state index in [0.29, 0.717) is 30.0 Å². The molecular weight excluding hydrogens is 456 g/mol. The number of hydrogen-bond acceptors (Lipinski definition) is 7. The summed E-state index contributed by atoms with van der Waals surface area (Å²) in [5.74, 6) is 0.470. The molecule has 1 aromatic heterocycles. The van der Waals surface area contributed by atoms with Crippen LogP contribution in [0.3, 0.4) is 0 Å². The molecule has 0 aliphatic rings. The molecule has 0 saturated heterocycles. The maximum Gasteiger partial charge on any atom is 0.229 e. The number of sulfonamides is 1. The van der Waals surface area contributed by atoms with Gasteiger partial charge in [0.15, 0.2) is 0 Å². The van der Waals surface area contributed by atoms with Crippen LogP contribution in [0, 0.1) is 11.3 Å². The molecule has 0 saturated carbocycles. The molecule has 0 radical (unpaired) electrons. The Kier molecular flexibility index (Phi) is 6.61. The molecule has 0 fully saturated rings. The van der Waals surface area contributed by atoms with Crippen LogP contribution >= 0.6 is 0 Å². The number of phenols is 1. The van der Waals surface area contributed by atoms with Crippen LogP contribution in [0.1, 0.15) is 17.2 Å². The molecule has 176 valence electrons. The van der Waals surface area contributed by atoms with Gasteiger partial charge < -0.3 is 25.3 Å². The van der Waals surface area contributed by atoms with E-state index in [-0.39, 0.29) is 18.0 Å². The van der Waals surface area contributed by atoms with Crippen LogP contribution in [0.25, 0.3) is 21.8 Å². The molecule has 4 rings (SSSR count). The third-order valence-corrected chi connectivity index (χ3v) is 5.88. The van der Waals surface area contributed by atoms with Gasteiger partial charge in [-0.05, 0) is 42.0 Å². The van der Waals surface area contributed by atoms with Gasteiger partial charge in [-0.3, -0.25) is 4.72 Å². The Bertz CT molecular complexity index is 1490. The molecule has 5 N–H and O–H groups in total. The Morgan fingerprint density at radius 3 is 2.56 bits per heavy atom. The first-order valence-electron chi connectivity index (χ1n) is 10.5. The molecule has 0 aliphatic carbocycles. The summed E-state index contributed by atoms with van der Waals surface area (Å²) in [5.41, 5.74) is 2.88. The predicted octanol–water partition coefficient (Wildman–Crippen LogP) is 2.97. The number of H-pyrrole nitrogens is 1. The second-order valence-corrected chi connectivity index (χ2v) is 9.67. The molecule has 9 nitrogen and oxygen atoms in total. The van der Waals surface area contributed by atoms with Gasteiger partial charge in [-0.2, -0.15) is 5.26 Å². The second-order valence-electron chi connectivity index (χ2n) is 7.92. The van der Waals surface area contributed by atoms with Crippen molar-refractivity contribution in [2.24, 2.45) is 0 Å². The molecule has 10 heteroatoms. The number of nitrogens with zero attached hydrogens (tertiary/aromatic N) is 1. The minimum atomic E-state index is -3.56. The molecule has 4 aromatic rings. The van der Waals surface area contributed by atoms with Crippen molar-refractivity contribution in [3.8, 4) is 17.6 Å². The summed E-state index contributed by atoms with van der Waals surface area (Å²) in [6.07, 6.45) is 0.0825. The lowest BCUT2D eigenvalue weighted by atomic mass is 10.1. The van der Waals surface area contributed by atoms with Crippen molar-refractivity contribution < 1.29 is 23.4 Å². The van der Waals surface area contributed by atoms with Gasteiger partial charge in [0, 0.05) is 35.4 Å². The van der Waals surface area contributed by atoms with Crippen LogP contribution in [-0.2, 0) is 10.0 Å². The van der Waals surface area contributed by atoms with E-state index in [2.05, 4.69) is 21.1 Å². The van der Waals surface area contributed by atoms with E-state index in [0.717, 1.165) is 28.1 Å². The normalized spacial score (nSPS) is 12.5. The Balaban J connectivity index is 1.31. The highest BCUT2D eigenvalue weighted by atomic mass is 32.2.